The number of nitrogens with zero attached hydrogens (tertiary/aromatic N) is 2. The Morgan fingerprint density at radius 1 is 1.11 bits per heavy atom. The number of carbonyl (C=O) groups is 1. The third-order valence-corrected chi connectivity index (χ3v) is 4.41. The number of rotatable bonds is 4. The van der Waals surface area contributed by atoms with Crippen LogP contribution in [-0.2, 0) is 16.8 Å². The van der Waals surface area contributed by atoms with Gasteiger partial charge < -0.3 is 5.32 Å². The fraction of sp³-hybridized carbons (Fsp3) is 0.286. The molecular weight excluding hydrogens is 342 g/mol. The number of hydrogen-bond donors (Lipinski definition) is 1. The summed E-state index contributed by atoms with van der Waals surface area (Å²) in [6.45, 7) is 8.13. The van der Waals surface area contributed by atoms with E-state index in [9.17, 15) is 9.59 Å². The molecule has 1 aromatic heterocycles. The van der Waals surface area contributed by atoms with Crippen LogP contribution < -0.4 is 11.1 Å². The maximum Gasteiger partial charge on any atom is 0.442 e. The summed E-state index contributed by atoms with van der Waals surface area (Å²) >= 11 is 0. The number of amides is 1. The lowest BCUT2D eigenvalue weighted by molar-refractivity contribution is -0.116. The Hall–Kier alpha value is -3.15. The summed E-state index contributed by atoms with van der Waals surface area (Å²) < 4.78 is 6.02. The Balaban J connectivity index is 1.78. The highest BCUT2D eigenvalue weighted by Crippen LogP contribution is 2.24. The number of hydrogen-bond acceptors (Lipinski definition) is 4. The molecule has 0 atom stereocenters. The van der Waals surface area contributed by atoms with Gasteiger partial charge in [-0.05, 0) is 35.6 Å². The van der Waals surface area contributed by atoms with E-state index in [1.807, 2.05) is 55.5 Å². The highest BCUT2D eigenvalue weighted by molar-refractivity contribution is 5.90. The first-order valence-electron chi connectivity index (χ1n) is 8.78. The fourth-order valence-corrected chi connectivity index (χ4v) is 2.82. The molecule has 0 spiro atoms. The molecule has 3 aromatic rings. The summed E-state index contributed by atoms with van der Waals surface area (Å²) in [4.78, 5) is 24.5. The largest absolute Gasteiger partial charge is 0.442 e. The van der Waals surface area contributed by atoms with Crippen LogP contribution in [0.3, 0.4) is 0 Å². The van der Waals surface area contributed by atoms with Crippen LogP contribution in [0.25, 0.3) is 11.4 Å². The molecule has 2 aromatic carbocycles. The zero-order chi connectivity index (χ0) is 19.6. The monoisotopic (exact) mass is 365 g/mol. The van der Waals surface area contributed by atoms with Crippen LogP contribution in [0, 0.1) is 6.92 Å². The lowest BCUT2D eigenvalue weighted by Gasteiger charge is -2.19. The Morgan fingerprint density at radius 3 is 2.41 bits per heavy atom. The van der Waals surface area contributed by atoms with Gasteiger partial charge in [-0.3, -0.25) is 9.32 Å². The molecule has 1 heterocycles. The number of aromatic nitrogens is 2. The third kappa shape index (κ3) is 4.16. The molecule has 6 nitrogen and oxygen atoms in total. The molecular formula is C21H23N3O3. The van der Waals surface area contributed by atoms with Gasteiger partial charge in [0.25, 0.3) is 0 Å². The van der Waals surface area contributed by atoms with Crippen molar-refractivity contribution in [2.45, 2.75) is 39.7 Å². The van der Waals surface area contributed by atoms with Crippen LogP contribution in [0.1, 0.15) is 31.9 Å². The molecule has 0 radical (unpaired) electrons. The van der Waals surface area contributed by atoms with Crippen molar-refractivity contribution < 1.29 is 9.32 Å². The van der Waals surface area contributed by atoms with Gasteiger partial charge in [-0.15, -0.1) is 0 Å². The van der Waals surface area contributed by atoms with Crippen molar-refractivity contribution in [2.75, 3.05) is 5.32 Å². The molecule has 0 saturated heterocycles. The molecule has 0 bridgehead atoms. The Bertz CT molecular complexity index is 1010. The Labute approximate surface area is 157 Å². The zero-order valence-electron chi connectivity index (χ0n) is 15.9. The van der Waals surface area contributed by atoms with Crippen molar-refractivity contribution in [1.29, 1.82) is 0 Å². The van der Waals surface area contributed by atoms with E-state index in [0.717, 1.165) is 11.1 Å². The first kappa shape index (κ1) is 18.6. The van der Waals surface area contributed by atoms with E-state index in [0.29, 0.717) is 11.5 Å². The number of benzene rings is 2. The summed E-state index contributed by atoms with van der Waals surface area (Å²) in [6.07, 6.45) is 0. The number of carbonyl (C=O) groups excluding carboxylic acids is 1. The lowest BCUT2D eigenvalue weighted by atomic mass is 9.87. The molecule has 3 rings (SSSR count). The van der Waals surface area contributed by atoms with Gasteiger partial charge in [0, 0.05) is 11.3 Å². The van der Waals surface area contributed by atoms with Crippen molar-refractivity contribution in [2.24, 2.45) is 0 Å². The van der Waals surface area contributed by atoms with Crippen molar-refractivity contribution in [1.82, 2.24) is 9.72 Å². The van der Waals surface area contributed by atoms with Gasteiger partial charge in [-0.1, -0.05) is 62.3 Å². The van der Waals surface area contributed by atoms with Crippen molar-refractivity contribution >= 4 is 11.6 Å². The van der Waals surface area contributed by atoms with E-state index in [1.54, 1.807) is 0 Å². The van der Waals surface area contributed by atoms with Gasteiger partial charge in [-0.2, -0.15) is 0 Å². The average Bonchev–Trinajstić information content (AvgIpc) is 2.95. The zero-order valence-corrected chi connectivity index (χ0v) is 15.9. The average molecular weight is 365 g/mol. The van der Waals surface area contributed by atoms with Crippen molar-refractivity contribution in [3.63, 3.8) is 0 Å². The molecule has 0 saturated carbocycles. The maximum absolute atomic E-state index is 12.4. The van der Waals surface area contributed by atoms with Crippen LogP contribution >= 0.6 is 0 Å². The molecule has 1 amide bonds. The molecule has 6 heteroatoms. The summed E-state index contributed by atoms with van der Waals surface area (Å²) in [5, 5.41) is 6.65. The van der Waals surface area contributed by atoms with E-state index in [1.165, 1.54) is 10.1 Å². The fourth-order valence-electron chi connectivity index (χ4n) is 2.82. The van der Waals surface area contributed by atoms with Gasteiger partial charge in [0.1, 0.15) is 6.54 Å². The van der Waals surface area contributed by atoms with Gasteiger partial charge in [0.05, 0.1) is 0 Å². The topological polar surface area (TPSA) is 77.1 Å². The minimum absolute atomic E-state index is 0.0424. The van der Waals surface area contributed by atoms with E-state index in [4.69, 9.17) is 4.52 Å². The summed E-state index contributed by atoms with van der Waals surface area (Å²) in [5.74, 6) is -0.638. The molecule has 0 aliphatic heterocycles. The maximum atomic E-state index is 12.4. The van der Waals surface area contributed by atoms with Crippen LogP contribution in [0.2, 0.25) is 0 Å². The first-order valence-corrected chi connectivity index (χ1v) is 8.78. The first-order chi connectivity index (χ1) is 12.8. The normalized spacial score (nSPS) is 11.4. The third-order valence-electron chi connectivity index (χ3n) is 4.41. The second-order valence-electron chi connectivity index (χ2n) is 7.55. The van der Waals surface area contributed by atoms with Gasteiger partial charge in [-0.25, -0.2) is 9.36 Å². The highest BCUT2D eigenvalue weighted by Gasteiger charge is 2.18. The molecule has 140 valence electrons. The molecule has 0 unspecified atom stereocenters. The second-order valence-corrected chi connectivity index (χ2v) is 7.55. The molecule has 0 fully saturated rings. The van der Waals surface area contributed by atoms with E-state index in [-0.39, 0.29) is 17.9 Å². The highest BCUT2D eigenvalue weighted by atomic mass is 16.5. The number of nitrogens with one attached hydrogen (secondary N) is 1. The van der Waals surface area contributed by atoms with Crippen molar-refractivity contribution in [3.05, 3.63) is 70.2 Å². The quantitative estimate of drug-likeness (QED) is 0.764. The minimum atomic E-state index is -0.661. The van der Waals surface area contributed by atoms with E-state index < -0.39 is 5.76 Å². The smallest absolute Gasteiger partial charge is 0.325 e. The van der Waals surface area contributed by atoms with Gasteiger partial charge >= 0.3 is 5.76 Å². The number of aryl methyl sites for hydroxylation is 1. The predicted octanol–water partition coefficient (Wildman–Crippen LogP) is 3.75. The molecule has 27 heavy (non-hydrogen) atoms. The van der Waals surface area contributed by atoms with E-state index in [2.05, 4.69) is 31.2 Å². The van der Waals surface area contributed by atoms with Gasteiger partial charge in [0.15, 0.2) is 5.82 Å². The second kappa shape index (κ2) is 7.23. The Morgan fingerprint density at radius 2 is 1.78 bits per heavy atom. The summed E-state index contributed by atoms with van der Waals surface area (Å²) in [6, 6.07) is 15.2. The molecule has 0 aliphatic rings. The summed E-state index contributed by atoms with van der Waals surface area (Å²) in [5.41, 5.74) is 3.59. The van der Waals surface area contributed by atoms with Crippen LogP contribution in [0.15, 0.2) is 57.8 Å². The van der Waals surface area contributed by atoms with Crippen molar-refractivity contribution in [3.8, 4) is 11.4 Å². The Kier molecular flexibility index (Phi) is 4.99. The van der Waals surface area contributed by atoms with Crippen LogP contribution in [-0.4, -0.2) is 15.6 Å². The minimum Gasteiger partial charge on any atom is -0.325 e. The van der Waals surface area contributed by atoms with Crippen LogP contribution in [0.5, 0.6) is 0 Å². The summed E-state index contributed by atoms with van der Waals surface area (Å²) in [7, 11) is 0. The SMILES string of the molecule is Cc1ccccc1-c1noc(=O)n1CC(=O)Nc1ccc(C(C)(C)C)cc1. The lowest BCUT2D eigenvalue weighted by Crippen LogP contribution is -2.25. The number of anilines is 1. The van der Waals surface area contributed by atoms with Crippen LogP contribution in [0.4, 0.5) is 5.69 Å². The predicted molar refractivity (Wildman–Crippen MR) is 105 cm³/mol. The molecule has 1 N–H and O–H groups in total. The van der Waals surface area contributed by atoms with E-state index >= 15 is 0 Å². The standard InChI is InChI=1S/C21H23N3O3/c1-14-7-5-6-8-17(14)19-23-27-20(26)24(19)13-18(25)22-16-11-9-15(10-12-16)21(2,3)4/h5-12H,13H2,1-4H3,(H,22,25). The molecule has 0 aliphatic carbocycles. The van der Waals surface area contributed by atoms with Gasteiger partial charge in [0.2, 0.25) is 5.91 Å².